The molecule has 1 aromatic rings. The van der Waals surface area contributed by atoms with E-state index in [1.807, 2.05) is 13.8 Å². The van der Waals surface area contributed by atoms with Crippen LogP contribution in [0.1, 0.15) is 51.2 Å². The summed E-state index contributed by atoms with van der Waals surface area (Å²) in [6, 6.07) is 0. The van der Waals surface area contributed by atoms with Gasteiger partial charge in [0.05, 0.1) is 12.0 Å². The van der Waals surface area contributed by atoms with Crippen LogP contribution in [-0.4, -0.2) is 41.7 Å². The van der Waals surface area contributed by atoms with Gasteiger partial charge in [-0.2, -0.15) is 4.98 Å². The van der Waals surface area contributed by atoms with E-state index in [4.69, 9.17) is 14.0 Å². The summed E-state index contributed by atoms with van der Waals surface area (Å²) in [6.07, 6.45) is 0.893. The van der Waals surface area contributed by atoms with Crippen molar-refractivity contribution in [2.45, 2.75) is 51.2 Å². The highest BCUT2D eigenvalue weighted by Crippen LogP contribution is 2.35. The van der Waals surface area contributed by atoms with Crippen molar-refractivity contribution in [3.05, 3.63) is 11.7 Å². The molecule has 2 atom stereocenters. The van der Waals surface area contributed by atoms with Crippen LogP contribution in [0.15, 0.2) is 4.52 Å². The highest BCUT2D eigenvalue weighted by Gasteiger charge is 2.40. The van der Waals surface area contributed by atoms with Gasteiger partial charge in [-0.1, -0.05) is 19.0 Å². The number of ether oxygens (including phenoxy) is 2. The van der Waals surface area contributed by atoms with Crippen molar-refractivity contribution in [1.29, 1.82) is 0 Å². The van der Waals surface area contributed by atoms with Gasteiger partial charge in [0.2, 0.25) is 11.7 Å². The van der Waals surface area contributed by atoms with Gasteiger partial charge in [0, 0.05) is 33.2 Å². The molecule has 0 aliphatic carbocycles. The number of methoxy groups -OCH3 is 1. The van der Waals surface area contributed by atoms with Gasteiger partial charge in [0.25, 0.3) is 0 Å². The third kappa shape index (κ3) is 2.87. The zero-order valence-corrected chi connectivity index (χ0v) is 12.6. The molecule has 0 radical (unpaired) electrons. The Morgan fingerprint density at radius 1 is 1.25 bits per heavy atom. The molecule has 0 saturated carbocycles. The topological polar surface area (TPSA) is 77.6 Å². The molecule has 0 bridgehead atoms. The molecule has 2 unspecified atom stereocenters. The number of hydrogen-bond donors (Lipinski definition) is 1. The Hall–Kier alpha value is -0.980. The average molecular weight is 284 g/mol. The molecule has 0 amide bonds. The van der Waals surface area contributed by atoms with Crippen LogP contribution < -0.4 is 0 Å². The molecular formula is C14H24N2O4. The molecule has 2 heterocycles. The zero-order valence-electron chi connectivity index (χ0n) is 12.6. The Morgan fingerprint density at radius 3 is 2.40 bits per heavy atom. The molecule has 6 nitrogen and oxygen atoms in total. The molecule has 6 heteroatoms. The Morgan fingerprint density at radius 2 is 1.90 bits per heavy atom. The molecule has 2 rings (SSSR count). The summed E-state index contributed by atoms with van der Waals surface area (Å²) >= 11 is 0. The Kier molecular flexibility index (Phi) is 4.78. The molecule has 1 aliphatic rings. The van der Waals surface area contributed by atoms with E-state index in [1.54, 1.807) is 14.0 Å². The molecule has 114 valence electrons. The summed E-state index contributed by atoms with van der Waals surface area (Å²) in [5.41, 5.74) is -0.528. The first-order chi connectivity index (χ1) is 9.50. The largest absolute Gasteiger partial charge is 0.393 e. The lowest BCUT2D eigenvalue weighted by molar-refractivity contribution is -0.101. The van der Waals surface area contributed by atoms with Crippen LogP contribution in [0.5, 0.6) is 0 Å². The van der Waals surface area contributed by atoms with Crippen molar-refractivity contribution in [3.8, 4) is 0 Å². The molecule has 1 saturated heterocycles. The standard InChI is InChI=1S/C14H24N2O4/c1-9(2)11(10(3)17)12-15-13(16-20-12)14(18-4)5-7-19-8-6-14/h9-11,17H,5-8H2,1-4H3. The first-order valence-electron chi connectivity index (χ1n) is 7.15. The summed E-state index contributed by atoms with van der Waals surface area (Å²) in [6.45, 7) is 7.06. The van der Waals surface area contributed by atoms with E-state index < -0.39 is 11.7 Å². The second-order valence-corrected chi connectivity index (χ2v) is 5.78. The van der Waals surface area contributed by atoms with Gasteiger partial charge in [-0.3, -0.25) is 0 Å². The van der Waals surface area contributed by atoms with Crippen molar-refractivity contribution in [2.75, 3.05) is 20.3 Å². The van der Waals surface area contributed by atoms with E-state index in [0.717, 1.165) is 0 Å². The predicted octanol–water partition coefficient (Wildman–Crippen LogP) is 1.84. The summed E-state index contributed by atoms with van der Waals surface area (Å²) in [7, 11) is 1.66. The molecule has 1 N–H and O–H groups in total. The van der Waals surface area contributed by atoms with E-state index in [-0.39, 0.29) is 11.8 Å². The Labute approximate surface area is 119 Å². The first-order valence-corrected chi connectivity index (χ1v) is 7.15. The second-order valence-electron chi connectivity index (χ2n) is 5.78. The third-order valence-electron chi connectivity index (χ3n) is 4.06. The molecule has 0 aromatic carbocycles. The van der Waals surface area contributed by atoms with Crippen LogP contribution >= 0.6 is 0 Å². The first kappa shape index (κ1) is 15.4. The van der Waals surface area contributed by atoms with Crippen LogP contribution in [0.4, 0.5) is 0 Å². The summed E-state index contributed by atoms with van der Waals surface area (Å²) < 4.78 is 16.4. The fourth-order valence-corrected chi connectivity index (χ4v) is 2.82. The van der Waals surface area contributed by atoms with Crippen LogP contribution in [0.2, 0.25) is 0 Å². The highest BCUT2D eigenvalue weighted by molar-refractivity contribution is 5.06. The Balaban J connectivity index is 2.27. The van der Waals surface area contributed by atoms with Crippen molar-refractivity contribution in [1.82, 2.24) is 10.1 Å². The van der Waals surface area contributed by atoms with E-state index in [1.165, 1.54) is 0 Å². The number of aliphatic hydroxyl groups is 1. The van der Waals surface area contributed by atoms with Gasteiger partial charge >= 0.3 is 0 Å². The van der Waals surface area contributed by atoms with Gasteiger partial charge in [0.1, 0.15) is 5.60 Å². The molecule has 1 aromatic heterocycles. The molecular weight excluding hydrogens is 260 g/mol. The van der Waals surface area contributed by atoms with Gasteiger partial charge in [-0.25, -0.2) is 0 Å². The van der Waals surface area contributed by atoms with Crippen LogP contribution in [0, 0.1) is 5.92 Å². The van der Waals surface area contributed by atoms with Gasteiger partial charge in [0.15, 0.2) is 0 Å². The normalized spacial score (nSPS) is 21.9. The van der Waals surface area contributed by atoms with Gasteiger partial charge < -0.3 is 19.1 Å². The van der Waals surface area contributed by atoms with E-state index in [9.17, 15) is 5.11 Å². The summed E-state index contributed by atoms with van der Waals surface area (Å²) in [4.78, 5) is 4.50. The summed E-state index contributed by atoms with van der Waals surface area (Å²) in [5, 5.41) is 14.0. The predicted molar refractivity (Wildman–Crippen MR) is 72.3 cm³/mol. The van der Waals surface area contributed by atoms with Crippen LogP contribution in [-0.2, 0) is 15.1 Å². The maximum Gasteiger partial charge on any atom is 0.232 e. The van der Waals surface area contributed by atoms with Crippen LogP contribution in [0.3, 0.4) is 0 Å². The quantitative estimate of drug-likeness (QED) is 0.889. The number of aromatic nitrogens is 2. The minimum Gasteiger partial charge on any atom is -0.393 e. The maximum atomic E-state index is 9.90. The zero-order chi connectivity index (χ0) is 14.8. The monoisotopic (exact) mass is 284 g/mol. The average Bonchev–Trinajstić information content (AvgIpc) is 2.88. The molecule has 0 spiro atoms. The van der Waals surface area contributed by atoms with E-state index >= 15 is 0 Å². The van der Waals surface area contributed by atoms with Crippen LogP contribution in [0.25, 0.3) is 0 Å². The highest BCUT2D eigenvalue weighted by atomic mass is 16.5. The number of aliphatic hydroxyl groups excluding tert-OH is 1. The smallest absolute Gasteiger partial charge is 0.232 e. The maximum absolute atomic E-state index is 9.90. The Bertz CT molecular complexity index is 417. The van der Waals surface area contributed by atoms with Crippen molar-refractivity contribution < 1.29 is 19.1 Å². The van der Waals surface area contributed by atoms with E-state index in [2.05, 4.69) is 10.1 Å². The lowest BCUT2D eigenvalue weighted by Gasteiger charge is -2.32. The molecule has 1 aliphatic heterocycles. The van der Waals surface area contributed by atoms with Crippen molar-refractivity contribution in [2.24, 2.45) is 5.92 Å². The fraction of sp³-hybridized carbons (Fsp3) is 0.857. The molecule has 1 fully saturated rings. The minimum atomic E-state index is -0.531. The number of rotatable bonds is 5. The fourth-order valence-electron chi connectivity index (χ4n) is 2.82. The van der Waals surface area contributed by atoms with Gasteiger partial charge in [-0.05, 0) is 12.8 Å². The number of hydrogen-bond acceptors (Lipinski definition) is 6. The van der Waals surface area contributed by atoms with E-state index in [0.29, 0.717) is 37.8 Å². The SMILES string of the molecule is COC1(c2noc(C(C(C)C)C(C)O)n2)CCOCC1. The number of nitrogens with zero attached hydrogens (tertiary/aromatic N) is 2. The molecule has 20 heavy (non-hydrogen) atoms. The minimum absolute atomic E-state index is 0.162. The summed E-state index contributed by atoms with van der Waals surface area (Å²) in [5.74, 6) is 1.10. The lowest BCUT2D eigenvalue weighted by atomic mass is 9.90. The second kappa shape index (κ2) is 6.20. The third-order valence-corrected chi connectivity index (χ3v) is 4.06. The van der Waals surface area contributed by atoms with Gasteiger partial charge in [-0.15, -0.1) is 0 Å². The van der Waals surface area contributed by atoms with Crippen molar-refractivity contribution in [3.63, 3.8) is 0 Å². The van der Waals surface area contributed by atoms with Crippen molar-refractivity contribution >= 4 is 0 Å². The lowest BCUT2D eigenvalue weighted by Crippen LogP contribution is -2.36.